The van der Waals surface area contributed by atoms with Crippen LogP contribution in [0.3, 0.4) is 0 Å². The van der Waals surface area contributed by atoms with Crippen LogP contribution < -0.4 is 11.1 Å². The molecule has 2 heterocycles. The van der Waals surface area contributed by atoms with Gasteiger partial charge in [0.15, 0.2) is 5.69 Å². The zero-order chi connectivity index (χ0) is 15.3. The molecule has 3 rings (SSSR count). The van der Waals surface area contributed by atoms with Gasteiger partial charge in [0.2, 0.25) is 0 Å². The van der Waals surface area contributed by atoms with Gasteiger partial charge in [0.05, 0.1) is 16.7 Å². The number of aromatic amines is 1. The molecule has 1 N–H and O–H groups in total. The molecule has 0 spiro atoms. The molecule has 108 valence electrons. The predicted octanol–water partition coefficient (Wildman–Crippen LogP) is 2.13. The van der Waals surface area contributed by atoms with Crippen molar-refractivity contribution in [3.8, 4) is 11.4 Å². The Morgan fingerprint density at radius 2 is 1.76 bits per heavy atom. The van der Waals surface area contributed by atoms with Gasteiger partial charge in [-0.25, -0.2) is 4.98 Å². The minimum Gasteiger partial charge on any atom is -0.338 e. The average Bonchev–Trinajstić information content (AvgIpc) is 2.44. The summed E-state index contributed by atoms with van der Waals surface area (Å²) in [6.07, 6.45) is 0. The van der Waals surface area contributed by atoms with Crippen molar-refractivity contribution in [2.45, 2.75) is 34.2 Å². The molecule has 21 heavy (non-hydrogen) atoms. The van der Waals surface area contributed by atoms with Crippen LogP contribution in [0.15, 0.2) is 21.7 Å². The number of hydrogen-bond acceptors (Lipinski definition) is 3. The van der Waals surface area contributed by atoms with E-state index in [0.717, 1.165) is 22.2 Å². The van der Waals surface area contributed by atoms with E-state index in [2.05, 4.69) is 16.0 Å². The lowest BCUT2D eigenvalue weighted by molar-refractivity contribution is 0.780. The summed E-state index contributed by atoms with van der Waals surface area (Å²) < 4.78 is 2.00. The van der Waals surface area contributed by atoms with E-state index in [1.54, 1.807) is 6.92 Å². The number of aromatic nitrogens is 3. The molecule has 5 nitrogen and oxygen atoms in total. The molecule has 0 atom stereocenters. The number of pyridine rings is 1. The van der Waals surface area contributed by atoms with Crippen LogP contribution in [-0.2, 0) is 6.54 Å². The molecule has 0 amide bonds. The number of nitrogens with one attached hydrogen (secondary N) is 1. The van der Waals surface area contributed by atoms with E-state index >= 15 is 0 Å². The lowest BCUT2D eigenvalue weighted by Gasteiger charge is -2.19. The maximum atomic E-state index is 12.1. The van der Waals surface area contributed by atoms with E-state index < -0.39 is 5.56 Å². The summed E-state index contributed by atoms with van der Waals surface area (Å²) in [7, 11) is 0. The molecular weight excluding hydrogens is 266 g/mol. The Kier molecular flexibility index (Phi) is 2.93. The first-order valence-corrected chi connectivity index (χ1v) is 6.98. The largest absolute Gasteiger partial charge is 0.338 e. The Morgan fingerprint density at radius 1 is 1.10 bits per heavy atom. The van der Waals surface area contributed by atoms with Crippen molar-refractivity contribution in [1.29, 1.82) is 0 Å². The third-order valence-electron chi connectivity index (χ3n) is 4.06. The minimum atomic E-state index is -0.428. The van der Waals surface area contributed by atoms with Crippen molar-refractivity contribution in [2.24, 2.45) is 0 Å². The SMILES string of the molecule is CCn1c2c(C)c(=O)[nH]c(=O)c-2nc2cc(C)c(C)cc21. The van der Waals surface area contributed by atoms with Gasteiger partial charge in [-0.05, 0) is 51.0 Å². The van der Waals surface area contributed by atoms with Crippen LogP contribution in [-0.4, -0.2) is 14.5 Å². The molecular formula is C16H17N3O2. The van der Waals surface area contributed by atoms with E-state index in [9.17, 15) is 9.59 Å². The second kappa shape index (κ2) is 4.55. The summed E-state index contributed by atoms with van der Waals surface area (Å²) in [4.78, 5) is 30.8. The standard InChI is InChI=1S/C16H17N3O2/c1-5-19-12-7-9(3)8(2)6-11(12)17-13-14(19)10(4)15(20)18-16(13)21/h6-7H,5H2,1-4H3,(H,18,20,21). The number of aryl methyl sites for hydroxylation is 3. The fourth-order valence-electron chi connectivity index (χ4n) is 2.74. The van der Waals surface area contributed by atoms with Gasteiger partial charge in [-0.2, -0.15) is 0 Å². The summed E-state index contributed by atoms with van der Waals surface area (Å²) >= 11 is 0. The number of H-pyrrole nitrogens is 1. The second-order valence-electron chi connectivity index (χ2n) is 5.39. The fraction of sp³-hybridized carbons (Fsp3) is 0.312. The first kappa shape index (κ1) is 13.5. The quantitative estimate of drug-likeness (QED) is 0.696. The Morgan fingerprint density at radius 3 is 2.43 bits per heavy atom. The second-order valence-corrected chi connectivity index (χ2v) is 5.39. The van der Waals surface area contributed by atoms with E-state index in [1.165, 1.54) is 0 Å². The van der Waals surface area contributed by atoms with E-state index in [0.29, 0.717) is 23.5 Å². The minimum absolute atomic E-state index is 0.324. The summed E-state index contributed by atoms with van der Waals surface area (Å²) in [6.45, 7) is 8.46. The van der Waals surface area contributed by atoms with Gasteiger partial charge in [-0.3, -0.25) is 14.6 Å². The van der Waals surface area contributed by atoms with Crippen LogP contribution in [0.1, 0.15) is 23.6 Å². The third kappa shape index (κ3) is 1.88. The predicted molar refractivity (Wildman–Crippen MR) is 83.1 cm³/mol. The van der Waals surface area contributed by atoms with Crippen LogP contribution in [0.2, 0.25) is 0 Å². The van der Waals surface area contributed by atoms with Crippen molar-refractivity contribution in [3.05, 3.63) is 49.5 Å². The number of nitrogens with zero attached hydrogens (tertiary/aromatic N) is 2. The lowest BCUT2D eigenvalue weighted by Crippen LogP contribution is -2.28. The molecule has 5 heteroatoms. The lowest BCUT2D eigenvalue weighted by atomic mass is 10.1. The molecule has 1 aromatic rings. The molecule has 0 radical (unpaired) electrons. The van der Waals surface area contributed by atoms with Crippen molar-refractivity contribution in [1.82, 2.24) is 14.5 Å². The number of hydrogen-bond donors (Lipinski definition) is 1. The molecule has 0 aliphatic carbocycles. The van der Waals surface area contributed by atoms with Crippen molar-refractivity contribution < 1.29 is 0 Å². The Hall–Kier alpha value is -2.43. The molecule has 2 aliphatic rings. The third-order valence-corrected chi connectivity index (χ3v) is 4.06. The molecule has 0 bridgehead atoms. The van der Waals surface area contributed by atoms with Crippen molar-refractivity contribution in [2.75, 3.05) is 0 Å². The molecule has 0 aromatic heterocycles. The highest BCUT2D eigenvalue weighted by atomic mass is 16.2. The highest BCUT2D eigenvalue weighted by molar-refractivity contribution is 5.82. The topological polar surface area (TPSA) is 67.8 Å². The molecule has 0 saturated carbocycles. The zero-order valence-corrected chi connectivity index (χ0v) is 12.6. The Balaban J connectivity index is 2.66. The normalized spacial score (nSPS) is 11.4. The van der Waals surface area contributed by atoms with Gasteiger partial charge in [0.1, 0.15) is 0 Å². The maximum Gasteiger partial charge on any atom is 0.278 e. The zero-order valence-electron chi connectivity index (χ0n) is 12.6. The molecule has 0 unspecified atom stereocenters. The van der Waals surface area contributed by atoms with Crippen LogP contribution in [0.4, 0.5) is 0 Å². The van der Waals surface area contributed by atoms with Gasteiger partial charge >= 0.3 is 0 Å². The summed E-state index contributed by atoms with van der Waals surface area (Å²) in [5.74, 6) is 0. The van der Waals surface area contributed by atoms with E-state index in [1.807, 2.05) is 31.4 Å². The van der Waals surface area contributed by atoms with Crippen LogP contribution >= 0.6 is 0 Å². The van der Waals surface area contributed by atoms with Gasteiger partial charge in [-0.15, -0.1) is 0 Å². The maximum absolute atomic E-state index is 12.1. The monoisotopic (exact) mass is 283 g/mol. The molecule has 2 aliphatic heterocycles. The van der Waals surface area contributed by atoms with Crippen LogP contribution in [0.5, 0.6) is 0 Å². The highest BCUT2D eigenvalue weighted by Crippen LogP contribution is 2.26. The van der Waals surface area contributed by atoms with Gasteiger partial charge in [0.25, 0.3) is 11.1 Å². The van der Waals surface area contributed by atoms with Crippen LogP contribution in [0, 0.1) is 20.8 Å². The number of fused-ring (bicyclic) bond motifs is 2. The summed E-state index contributed by atoms with van der Waals surface area (Å²) in [5, 5.41) is 0. The number of rotatable bonds is 1. The smallest absolute Gasteiger partial charge is 0.278 e. The average molecular weight is 283 g/mol. The molecule has 0 fully saturated rings. The van der Waals surface area contributed by atoms with Crippen molar-refractivity contribution >= 4 is 11.0 Å². The first-order chi connectivity index (χ1) is 9.93. The molecule has 0 saturated heterocycles. The highest BCUT2D eigenvalue weighted by Gasteiger charge is 2.20. The Bertz CT molecular complexity index is 950. The Labute approximate surface area is 121 Å². The van der Waals surface area contributed by atoms with Crippen molar-refractivity contribution in [3.63, 3.8) is 0 Å². The fourth-order valence-corrected chi connectivity index (χ4v) is 2.74. The molecule has 1 aromatic carbocycles. The van der Waals surface area contributed by atoms with Gasteiger partial charge in [-0.1, -0.05) is 0 Å². The summed E-state index contributed by atoms with van der Waals surface area (Å²) in [5.41, 5.74) is 4.71. The summed E-state index contributed by atoms with van der Waals surface area (Å²) in [6, 6.07) is 4.04. The first-order valence-electron chi connectivity index (χ1n) is 6.98. The number of benzene rings is 1. The van der Waals surface area contributed by atoms with E-state index in [4.69, 9.17) is 0 Å². The van der Waals surface area contributed by atoms with Crippen LogP contribution in [0.25, 0.3) is 22.4 Å². The van der Waals surface area contributed by atoms with Gasteiger partial charge in [0, 0.05) is 12.1 Å². The van der Waals surface area contributed by atoms with Gasteiger partial charge < -0.3 is 4.57 Å². The van der Waals surface area contributed by atoms with E-state index in [-0.39, 0.29) is 5.56 Å².